The van der Waals surface area contributed by atoms with E-state index >= 15 is 0 Å². The number of carbonyl (C=O) groups excluding carboxylic acids is 1. The Bertz CT molecular complexity index is 819. The third kappa shape index (κ3) is 2.90. The van der Waals surface area contributed by atoms with Gasteiger partial charge in [0, 0.05) is 18.5 Å². The van der Waals surface area contributed by atoms with Crippen molar-refractivity contribution in [2.75, 3.05) is 6.54 Å². The zero-order valence-electron chi connectivity index (χ0n) is 13.2. The van der Waals surface area contributed by atoms with Crippen LogP contribution in [0, 0.1) is 0 Å². The first-order valence-corrected chi connectivity index (χ1v) is 7.93. The number of halogens is 2. The van der Waals surface area contributed by atoms with Gasteiger partial charge in [0.05, 0.1) is 6.54 Å². The van der Waals surface area contributed by atoms with E-state index in [0.29, 0.717) is 13.1 Å². The number of amides is 2. The highest BCUT2D eigenvalue weighted by Gasteiger charge is 2.50. The predicted molar refractivity (Wildman–Crippen MR) is 80.9 cm³/mol. The van der Waals surface area contributed by atoms with Crippen LogP contribution in [-0.2, 0) is 18.5 Å². The number of phenolic OH excluding ortho intramolecular Hbond substituents is 1. The SMILES string of the molecule is O=C(NCc1nc(C(F)F)no1)N1Cc2ccc(O)cc2C2(CC2)C1. The number of phenols is 1. The van der Waals surface area contributed by atoms with Gasteiger partial charge in [-0.2, -0.15) is 4.98 Å². The number of fused-ring (bicyclic) bond motifs is 2. The molecule has 2 heterocycles. The zero-order chi connectivity index (χ0) is 17.6. The number of alkyl halides is 2. The molecule has 1 aromatic heterocycles. The van der Waals surface area contributed by atoms with Gasteiger partial charge in [-0.15, -0.1) is 0 Å². The third-order valence-corrected chi connectivity index (χ3v) is 4.73. The molecule has 2 N–H and O–H groups in total. The molecule has 4 rings (SSSR count). The van der Waals surface area contributed by atoms with Gasteiger partial charge in [0.1, 0.15) is 5.75 Å². The fourth-order valence-corrected chi connectivity index (χ4v) is 3.32. The Morgan fingerprint density at radius 1 is 1.44 bits per heavy atom. The molecule has 1 aliphatic carbocycles. The Hall–Kier alpha value is -2.71. The van der Waals surface area contributed by atoms with Crippen LogP contribution >= 0.6 is 0 Å². The number of aromatic nitrogens is 2. The summed E-state index contributed by atoms with van der Waals surface area (Å²) in [6.07, 6.45) is -0.874. The number of urea groups is 1. The van der Waals surface area contributed by atoms with E-state index in [1.54, 1.807) is 17.0 Å². The van der Waals surface area contributed by atoms with Gasteiger partial charge in [0.15, 0.2) is 0 Å². The van der Waals surface area contributed by atoms with Crippen LogP contribution in [0.5, 0.6) is 5.75 Å². The second-order valence-electron chi connectivity index (χ2n) is 6.48. The molecular formula is C16H16F2N4O3. The lowest BCUT2D eigenvalue weighted by Crippen LogP contribution is -2.46. The van der Waals surface area contributed by atoms with Crippen LogP contribution < -0.4 is 5.32 Å². The number of hydrogen-bond acceptors (Lipinski definition) is 5. The van der Waals surface area contributed by atoms with Crippen molar-refractivity contribution in [3.8, 4) is 5.75 Å². The molecule has 0 saturated heterocycles. The second-order valence-corrected chi connectivity index (χ2v) is 6.48. The lowest BCUT2D eigenvalue weighted by Gasteiger charge is -2.35. The van der Waals surface area contributed by atoms with Crippen molar-refractivity contribution in [2.24, 2.45) is 0 Å². The largest absolute Gasteiger partial charge is 0.508 e. The highest BCUT2D eigenvalue weighted by molar-refractivity contribution is 5.75. The van der Waals surface area contributed by atoms with Crippen LogP contribution in [0.2, 0.25) is 0 Å². The first-order chi connectivity index (χ1) is 12.0. The average molecular weight is 350 g/mol. The Morgan fingerprint density at radius 2 is 2.24 bits per heavy atom. The molecule has 1 saturated carbocycles. The molecule has 132 valence electrons. The molecule has 1 fully saturated rings. The van der Waals surface area contributed by atoms with E-state index in [2.05, 4.69) is 20.0 Å². The van der Waals surface area contributed by atoms with Gasteiger partial charge in [-0.25, -0.2) is 13.6 Å². The van der Waals surface area contributed by atoms with E-state index in [4.69, 9.17) is 0 Å². The molecule has 0 unspecified atom stereocenters. The highest BCUT2D eigenvalue weighted by Crippen LogP contribution is 2.53. The van der Waals surface area contributed by atoms with Crippen molar-refractivity contribution < 1.29 is 23.2 Å². The molecule has 7 nitrogen and oxygen atoms in total. The topological polar surface area (TPSA) is 91.5 Å². The van der Waals surface area contributed by atoms with Gasteiger partial charge < -0.3 is 19.8 Å². The van der Waals surface area contributed by atoms with E-state index < -0.39 is 12.2 Å². The summed E-state index contributed by atoms with van der Waals surface area (Å²) in [6.45, 7) is 0.876. The number of nitrogens with zero attached hydrogens (tertiary/aromatic N) is 3. The average Bonchev–Trinajstić information content (AvgIpc) is 3.18. The summed E-state index contributed by atoms with van der Waals surface area (Å²) in [5.41, 5.74) is 2.03. The predicted octanol–water partition coefficient (Wildman–Crippen LogP) is 2.47. The fourth-order valence-electron chi connectivity index (χ4n) is 3.32. The number of nitrogens with one attached hydrogen (secondary N) is 1. The minimum atomic E-state index is -2.81. The van der Waals surface area contributed by atoms with Crippen molar-refractivity contribution in [3.63, 3.8) is 0 Å². The molecule has 1 aromatic carbocycles. The molecule has 0 bridgehead atoms. The molecule has 0 radical (unpaired) electrons. The first kappa shape index (κ1) is 15.8. The van der Waals surface area contributed by atoms with E-state index in [1.165, 1.54) is 0 Å². The van der Waals surface area contributed by atoms with Gasteiger partial charge in [-0.3, -0.25) is 0 Å². The Labute approximate surface area is 141 Å². The Balaban J connectivity index is 1.44. The van der Waals surface area contributed by atoms with Crippen LogP contribution in [0.4, 0.5) is 13.6 Å². The lowest BCUT2D eigenvalue weighted by atomic mass is 9.87. The molecule has 2 aromatic rings. The molecule has 0 atom stereocenters. The maximum absolute atomic E-state index is 12.4. The highest BCUT2D eigenvalue weighted by atomic mass is 19.3. The maximum Gasteiger partial charge on any atom is 0.318 e. The van der Waals surface area contributed by atoms with Gasteiger partial charge in [-0.1, -0.05) is 11.2 Å². The monoisotopic (exact) mass is 350 g/mol. The maximum atomic E-state index is 12.4. The summed E-state index contributed by atoms with van der Waals surface area (Å²) >= 11 is 0. The summed E-state index contributed by atoms with van der Waals surface area (Å²) in [4.78, 5) is 17.6. The normalized spacial score (nSPS) is 17.6. The number of carbonyl (C=O) groups is 1. The lowest BCUT2D eigenvalue weighted by molar-refractivity contribution is 0.136. The minimum Gasteiger partial charge on any atom is -0.508 e. The van der Waals surface area contributed by atoms with E-state index in [1.807, 2.05) is 6.07 Å². The first-order valence-electron chi connectivity index (χ1n) is 7.93. The van der Waals surface area contributed by atoms with Crippen LogP contribution in [0.1, 0.15) is 42.1 Å². The van der Waals surface area contributed by atoms with Crippen molar-refractivity contribution in [3.05, 3.63) is 41.0 Å². The van der Waals surface area contributed by atoms with Gasteiger partial charge in [0.25, 0.3) is 0 Å². The van der Waals surface area contributed by atoms with Crippen LogP contribution in [0.3, 0.4) is 0 Å². The van der Waals surface area contributed by atoms with Crippen LogP contribution in [0.25, 0.3) is 0 Å². The quantitative estimate of drug-likeness (QED) is 0.887. The van der Waals surface area contributed by atoms with Gasteiger partial charge >= 0.3 is 12.5 Å². The fraction of sp³-hybridized carbons (Fsp3) is 0.438. The smallest absolute Gasteiger partial charge is 0.318 e. The Kier molecular flexibility index (Phi) is 3.59. The van der Waals surface area contributed by atoms with E-state index in [9.17, 15) is 18.7 Å². The molecule has 1 spiro atoms. The number of hydrogen-bond donors (Lipinski definition) is 2. The summed E-state index contributed by atoms with van der Waals surface area (Å²) < 4.78 is 29.6. The third-order valence-electron chi connectivity index (χ3n) is 4.73. The van der Waals surface area contributed by atoms with Gasteiger partial charge in [-0.05, 0) is 36.1 Å². The molecule has 2 aliphatic rings. The van der Waals surface area contributed by atoms with E-state index in [0.717, 1.165) is 24.0 Å². The molecular weight excluding hydrogens is 334 g/mol. The van der Waals surface area contributed by atoms with Crippen LogP contribution in [-0.4, -0.2) is 32.7 Å². The van der Waals surface area contributed by atoms with Crippen molar-refractivity contribution in [2.45, 2.75) is 37.8 Å². The Morgan fingerprint density at radius 3 is 2.92 bits per heavy atom. The van der Waals surface area contributed by atoms with E-state index in [-0.39, 0.29) is 29.6 Å². The van der Waals surface area contributed by atoms with Crippen molar-refractivity contribution in [1.82, 2.24) is 20.4 Å². The number of benzene rings is 1. The number of aromatic hydroxyl groups is 1. The minimum absolute atomic E-state index is 0.0629. The summed E-state index contributed by atoms with van der Waals surface area (Å²) in [7, 11) is 0. The summed E-state index contributed by atoms with van der Waals surface area (Å²) in [5, 5.41) is 15.5. The molecule has 1 aliphatic heterocycles. The molecule has 2 amide bonds. The molecule has 9 heteroatoms. The molecule has 25 heavy (non-hydrogen) atoms. The standard InChI is InChI=1S/C16H16F2N4O3/c17-13(18)14-20-12(25-21-14)6-19-15(24)22-7-9-1-2-10(23)5-11(9)16(8-22)3-4-16/h1-2,5,13,23H,3-4,6-8H2,(H,19,24). The van der Waals surface area contributed by atoms with Crippen molar-refractivity contribution in [1.29, 1.82) is 0 Å². The van der Waals surface area contributed by atoms with Crippen LogP contribution in [0.15, 0.2) is 22.7 Å². The second kappa shape index (κ2) is 5.68. The van der Waals surface area contributed by atoms with Gasteiger partial charge in [0.2, 0.25) is 11.7 Å². The summed E-state index contributed by atoms with van der Waals surface area (Å²) in [6, 6.07) is 4.90. The number of rotatable bonds is 3. The zero-order valence-corrected chi connectivity index (χ0v) is 13.2. The van der Waals surface area contributed by atoms with Crippen molar-refractivity contribution >= 4 is 6.03 Å². The summed E-state index contributed by atoms with van der Waals surface area (Å²) in [5.74, 6) is -0.519.